The third-order valence-electron chi connectivity index (χ3n) is 12.2. The topological polar surface area (TPSA) is 6.48 Å². The first-order chi connectivity index (χ1) is 28.6. The summed E-state index contributed by atoms with van der Waals surface area (Å²) < 4.78 is 0. The monoisotopic (exact) mass is 928 g/mol. The maximum absolute atomic E-state index is 8.02. The fraction of sp³-hybridized carbons (Fsp3) is 0.167. The van der Waals surface area contributed by atoms with E-state index in [1.54, 1.807) is 0 Å². The van der Waals surface area contributed by atoms with Gasteiger partial charge in [0.25, 0.3) is 0 Å². The van der Waals surface area contributed by atoms with Gasteiger partial charge in [-0.2, -0.15) is 0 Å². The van der Waals surface area contributed by atoms with Crippen LogP contribution in [0, 0.1) is 41.5 Å². The summed E-state index contributed by atoms with van der Waals surface area (Å²) in [6.07, 6.45) is 7.06. The number of halogens is 2. The number of fused-ring (bicyclic) bond motifs is 1. The van der Waals surface area contributed by atoms with E-state index in [4.69, 9.17) is 23.2 Å². The van der Waals surface area contributed by atoms with Crippen LogP contribution in [-0.2, 0) is 19.5 Å². The van der Waals surface area contributed by atoms with Crippen LogP contribution in [0.1, 0.15) is 50.1 Å². The second-order valence-corrected chi connectivity index (χ2v) is 20.4. The molecule has 2 aliphatic carbocycles. The van der Waals surface area contributed by atoms with Gasteiger partial charge in [-0.15, -0.1) is 11.6 Å². The first kappa shape index (κ1) is 42.1. The second-order valence-electron chi connectivity index (χ2n) is 16.2. The number of hydrogen-bond acceptors (Lipinski definition) is 2. The molecule has 0 saturated carbocycles. The minimum Gasteiger partial charge on any atom is -0.325 e. The maximum atomic E-state index is 8.02. The molecule has 1 fully saturated rings. The number of alkyl halides is 1. The van der Waals surface area contributed by atoms with Crippen LogP contribution >= 0.6 is 30.1 Å². The van der Waals surface area contributed by atoms with Crippen molar-refractivity contribution in [1.29, 1.82) is 0 Å². The Morgan fingerprint density at radius 2 is 0.983 bits per heavy atom. The average molecular weight is 929 g/mol. The normalized spacial score (nSPS) is 16.4. The van der Waals surface area contributed by atoms with Gasteiger partial charge in [-0.1, -0.05) is 174 Å². The van der Waals surface area contributed by atoms with E-state index in [1.165, 1.54) is 82.9 Å². The molecule has 1 unspecified atom stereocenters. The minimum atomic E-state index is -2.69. The fourth-order valence-electron chi connectivity index (χ4n) is 10.1. The van der Waals surface area contributed by atoms with Gasteiger partial charge in [0.1, 0.15) is 5.82 Å². The number of nitrogens with zero attached hydrogens (tertiary/aromatic N) is 2. The summed E-state index contributed by atoms with van der Waals surface area (Å²) >= 11 is 16.0. The Balaban J connectivity index is 0.00000499. The molecule has 1 saturated heterocycles. The molecule has 300 valence electrons. The summed E-state index contributed by atoms with van der Waals surface area (Å²) in [5.41, 5.74) is 15.9. The number of allylic oxidation sites excluding steroid dienone is 6. The fourth-order valence-corrected chi connectivity index (χ4v) is 15.5. The number of rotatable bonds is 6. The zero-order chi connectivity index (χ0) is 41.0. The van der Waals surface area contributed by atoms with Crippen LogP contribution in [0.15, 0.2) is 179 Å². The Morgan fingerprint density at radius 3 is 1.47 bits per heavy atom. The van der Waals surface area contributed by atoms with Crippen molar-refractivity contribution in [2.45, 2.75) is 46.9 Å². The summed E-state index contributed by atoms with van der Waals surface area (Å²) in [4.78, 5) is 5.00. The van der Waals surface area contributed by atoms with Gasteiger partial charge in [-0.3, -0.25) is 0 Å². The quantitative estimate of drug-likeness (QED) is 0.0933. The van der Waals surface area contributed by atoms with Gasteiger partial charge in [-0.05, 0) is 115 Å². The molecule has 0 N–H and O–H groups in total. The molecule has 60 heavy (non-hydrogen) atoms. The molecule has 6 aromatic rings. The summed E-state index contributed by atoms with van der Waals surface area (Å²) in [5, 5.41) is 4.90. The van der Waals surface area contributed by atoms with Gasteiger partial charge in [0.15, 0.2) is 0 Å². The van der Waals surface area contributed by atoms with Crippen molar-refractivity contribution in [2.24, 2.45) is 0 Å². The molecule has 0 amide bonds. The predicted octanol–water partition coefficient (Wildman–Crippen LogP) is 13.0. The van der Waals surface area contributed by atoms with E-state index < -0.39 is 12.3 Å². The smallest absolute Gasteiger partial charge is 0.325 e. The largest absolute Gasteiger partial charge is 2.00 e. The predicted molar refractivity (Wildman–Crippen MR) is 258 cm³/mol. The Bertz CT molecular complexity index is 2660. The van der Waals surface area contributed by atoms with E-state index in [1.807, 2.05) is 0 Å². The number of anilines is 2. The van der Waals surface area contributed by atoms with Crippen molar-refractivity contribution in [2.75, 3.05) is 22.9 Å². The molecular formula is C54H49Cl2N2PRu+2. The summed E-state index contributed by atoms with van der Waals surface area (Å²) in [5.74, 6) is 1.09. The van der Waals surface area contributed by atoms with Crippen LogP contribution in [0.25, 0.3) is 5.57 Å². The van der Waals surface area contributed by atoms with Crippen molar-refractivity contribution in [3.8, 4) is 0 Å². The molecular weight excluding hydrogens is 880 g/mol. The van der Waals surface area contributed by atoms with Gasteiger partial charge in [0.2, 0.25) is 0 Å². The first-order valence-electron chi connectivity index (χ1n) is 20.5. The molecule has 0 aromatic heterocycles. The van der Waals surface area contributed by atoms with Gasteiger partial charge in [0, 0.05) is 40.4 Å². The van der Waals surface area contributed by atoms with Gasteiger partial charge in [-0.25, -0.2) is 0 Å². The van der Waals surface area contributed by atoms with Crippen molar-refractivity contribution >= 4 is 62.9 Å². The van der Waals surface area contributed by atoms with Crippen molar-refractivity contribution in [3.63, 3.8) is 0 Å². The Morgan fingerprint density at radius 1 is 0.550 bits per heavy atom. The molecule has 0 bridgehead atoms. The van der Waals surface area contributed by atoms with E-state index >= 15 is 0 Å². The second kappa shape index (κ2) is 17.0. The Hall–Kier alpha value is -4.62. The van der Waals surface area contributed by atoms with Crippen molar-refractivity contribution in [1.82, 2.24) is 0 Å². The molecule has 0 spiro atoms. The van der Waals surface area contributed by atoms with E-state index in [0.717, 1.165) is 29.8 Å². The zero-order valence-corrected chi connectivity index (χ0v) is 39.1. The number of aryl methyl sites for hydroxylation is 6. The maximum Gasteiger partial charge on any atom is 2.00 e. The van der Waals surface area contributed by atoms with Crippen LogP contribution in [-0.4, -0.2) is 23.8 Å². The number of benzene rings is 6. The van der Waals surface area contributed by atoms with E-state index in [0.29, 0.717) is 5.03 Å². The van der Waals surface area contributed by atoms with Crippen molar-refractivity contribution < 1.29 is 19.5 Å². The summed E-state index contributed by atoms with van der Waals surface area (Å²) in [6, 6.07) is 50.8. The molecule has 0 radical (unpaired) electrons. The van der Waals surface area contributed by atoms with Gasteiger partial charge >= 0.3 is 19.5 Å². The third-order valence-corrected chi connectivity index (χ3v) is 17.6. The van der Waals surface area contributed by atoms with E-state index in [-0.39, 0.29) is 19.5 Å². The first-order valence-corrected chi connectivity index (χ1v) is 23.1. The van der Waals surface area contributed by atoms with Crippen LogP contribution < -0.4 is 20.4 Å². The molecule has 6 heteroatoms. The number of hydrogen-bond donors (Lipinski definition) is 0. The standard InChI is InChI=1S/C54H49Cl2N2P.Ru/c1-35-30-37(3)52(38(4)31-35)57-28-29-58(53-39(5)32-36(2)33-40(53)6)54(57)46-26-27-48(51(56)50(46)55)59(42-20-12-8-13-21-42,43-22-14-9-15-23-43)49-34-47(41-18-10-7-11-19-41)44-24-16-17-25-45(44)49;/h7-27,30-34,50H,28-29H2,1-6H3;/q;+2. The average Bonchev–Trinajstić information content (AvgIpc) is 3.83. The van der Waals surface area contributed by atoms with E-state index in [9.17, 15) is 0 Å². The van der Waals surface area contributed by atoms with Gasteiger partial charge < -0.3 is 9.80 Å². The molecule has 6 aromatic carbocycles. The Labute approximate surface area is 379 Å². The zero-order valence-electron chi connectivity index (χ0n) is 35.0. The Kier molecular flexibility index (Phi) is 11.9. The molecule has 9 rings (SSSR count). The van der Waals surface area contributed by atoms with Crippen molar-refractivity contribution in [3.05, 3.63) is 230 Å². The summed E-state index contributed by atoms with van der Waals surface area (Å²) in [6.45, 7) is 12.2. The molecule has 1 aliphatic heterocycles. The molecule has 2 nitrogen and oxygen atoms in total. The molecule has 1 atom stereocenters. The van der Waals surface area contributed by atoms with Crippen LogP contribution in [0.2, 0.25) is 0 Å². The summed E-state index contributed by atoms with van der Waals surface area (Å²) in [7, 11) is 0. The SMILES string of the molecule is Cc1cc(C)c(N2CCN(c3c(C)cc(C)cc3C)C2=C2C=CC(P(=C3C=C(c4ccccc4)c4ccccc43)(c3ccccc3)c3ccccc3)=C(Cl)C2Cl)c(C)c1.[Ru+2]. The minimum absolute atomic E-state index is 0. The van der Waals surface area contributed by atoms with Crippen LogP contribution in [0.4, 0.5) is 11.4 Å². The molecule has 3 aliphatic rings. The van der Waals surface area contributed by atoms with Gasteiger partial charge in [0.05, 0.1) is 5.38 Å². The van der Waals surface area contributed by atoms with Crippen LogP contribution in [0.3, 0.4) is 0 Å². The van der Waals surface area contributed by atoms with Crippen LogP contribution in [0.5, 0.6) is 0 Å². The van der Waals surface area contributed by atoms with E-state index in [2.05, 4.69) is 209 Å². The third kappa shape index (κ3) is 7.03. The molecule has 1 heterocycles.